The molecule has 3 rings (SSSR count). The summed E-state index contributed by atoms with van der Waals surface area (Å²) in [5, 5.41) is 11.8. The summed E-state index contributed by atoms with van der Waals surface area (Å²) < 4.78 is 1.79. The molecular formula is C15H17N5O. The predicted molar refractivity (Wildman–Crippen MR) is 79.5 cm³/mol. The fraction of sp³-hybridized carbons (Fsp3) is 0.267. The third-order valence-corrected chi connectivity index (χ3v) is 3.55. The number of hydrogen-bond acceptors (Lipinski definition) is 3. The number of aromatic nitrogens is 4. The van der Waals surface area contributed by atoms with Gasteiger partial charge in [-0.25, -0.2) is 0 Å². The van der Waals surface area contributed by atoms with Crippen LogP contribution in [0.1, 0.15) is 17.8 Å². The number of aryl methyl sites for hydroxylation is 2. The van der Waals surface area contributed by atoms with Crippen molar-refractivity contribution >= 4 is 16.8 Å². The van der Waals surface area contributed by atoms with Crippen LogP contribution in [0, 0.1) is 0 Å². The molecule has 0 aliphatic carbocycles. The van der Waals surface area contributed by atoms with Crippen LogP contribution in [0.15, 0.2) is 36.8 Å². The lowest BCUT2D eigenvalue weighted by Crippen LogP contribution is -2.24. The third kappa shape index (κ3) is 2.94. The first kappa shape index (κ1) is 13.4. The molecule has 108 valence electrons. The predicted octanol–water partition coefficient (Wildman–Crippen LogP) is 1.55. The van der Waals surface area contributed by atoms with Crippen molar-refractivity contribution in [1.82, 2.24) is 25.1 Å². The van der Waals surface area contributed by atoms with Crippen LogP contribution in [-0.4, -0.2) is 25.7 Å². The van der Waals surface area contributed by atoms with Gasteiger partial charge in [0, 0.05) is 30.6 Å². The van der Waals surface area contributed by atoms with E-state index in [9.17, 15) is 4.79 Å². The number of para-hydroxylation sites is 1. The van der Waals surface area contributed by atoms with Gasteiger partial charge >= 0.3 is 0 Å². The van der Waals surface area contributed by atoms with Gasteiger partial charge in [0.1, 0.15) is 6.33 Å². The van der Waals surface area contributed by atoms with Crippen LogP contribution in [0.2, 0.25) is 0 Å². The maximum absolute atomic E-state index is 11.9. The Morgan fingerprint density at radius 1 is 1.38 bits per heavy atom. The van der Waals surface area contributed by atoms with Crippen LogP contribution < -0.4 is 5.32 Å². The molecular weight excluding hydrogens is 266 g/mol. The standard InChI is InChI=1S/C15H17N5O/c1-20-10-18-19-14(20)9-17-15(21)7-6-11-8-16-13-5-3-2-4-12(11)13/h2-5,8,10,16H,6-7,9H2,1H3,(H,17,21). The van der Waals surface area contributed by atoms with Crippen molar-refractivity contribution in [2.24, 2.45) is 7.05 Å². The lowest BCUT2D eigenvalue weighted by atomic mass is 10.1. The number of nitrogens with zero attached hydrogens (tertiary/aromatic N) is 3. The van der Waals surface area contributed by atoms with Crippen LogP contribution in [0.3, 0.4) is 0 Å². The van der Waals surface area contributed by atoms with Crippen LogP contribution in [-0.2, 0) is 24.8 Å². The van der Waals surface area contributed by atoms with Crippen molar-refractivity contribution in [2.45, 2.75) is 19.4 Å². The summed E-state index contributed by atoms with van der Waals surface area (Å²) >= 11 is 0. The molecule has 0 aliphatic rings. The summed E-state index contributed by atoms with van der Waals surface area (Å²) in [6.07, 6.45) is 4.77. The molecule has 0 aliphatic heterocycles. The van der Waals surface area contributed by atoms with Crippen molar-refractivity contribution in [3.8, 4) is 0 Å². The second kappa shape index (κ2) is 5.78. The fourth-order valence-electron chi connectivity index (χ4n) is 2.32. The number of aromatic amines is 1. The molecule has 2 N–H and O–H groups in total. The van der Waals surface area contributed by atoms with Gasteiger partial charge in [0.2, 0.25) is 5.91 Å². The van der Waals surface area contributed by atoms with Gasteiger partial charge in [0.15, 0.2) is 5.82 Å². The fourth-order valence-corrected chi connectivity index (χ4v) is 2.32. The summed E-state index contributed by atoms with van der Waals surface area (Å²) in [6, 6.07) is 8.11. The number of amides is 1. The molecule has 1 amide bonds. The molecule has 0 radical (unpaired) electrons. The van der Waals surface area contributed by atoms with Gasteiger partial charge in [-0.15, -0.1) is 10.2 Å². The van der Waals surface area contributed by atoms with E-state index < -0.39 is 0 Å². The minimum Gasteiger partial charge on any atom is -0.361 e. The number of rotatable bonds is 5. The van der Waals surface area contributed by atoms with Crippen molar-refractivity contribution in [3.05, 3.63) is 48.2 Å². The summed E-state index contributed by atoms with van der Waals surface area (Å²) in [5.41, 5.74) is 2.27. The van der Waals surface area contributed by atoms with Crippen LogP contribution in [0.4, 0.5) is 0 Å². The van der Waals surface area contributed by atoms with Gasteiger partial charge in [-0.05, 0) is 18.1 Å². The molecule has 0 fully saturated rings. The van der Waals surface area contributed by atoms with E-state index in [-0.39, 0.29) is 5.91 Å². The molecule has 21 heavy (non-hydrogen) atoms. The number of carbonyl (C=O) groups is 1. The number of H-pyrrole nitrogens is 1. The highest BCUT2D eigenvalue weighted by atomic mass is 16.1. The lowest BCUT2D eigenvalue weighted by Gasteiger charge is -2.04. The highest BCUT2D eigenvalue weighted by Crippen LogP contribution is 2.18. The first-order chi connectivity index (χ1) is 10.2. The second-order valence-corrected chi connectivity index (χ2v) is 4.99. The average Bonchev–Trinajstić information content (AvgIpc) is 3.09. The molecule has 0 saturated carbocycles. The molecule has 6 nitrogen and oxygen atoms in total. The van der Waals surface area contributed by atoms with Gasteiger partial charge in [-0.1, -0.05) is 18.2 Å². The smallest absolute Gasteiger partial charge is 0.220 e. The van der Waals surface area contributed by atoms with E-state index in [4.69, 9.17) is 0 Å². The highest BCUT2D eigenvalue weighted by Gasteiger charge is 2.08. The van der Waals surface area contributed by atoms with Gasteiger partial charge in [-0.2, -0.15) is 0 Å². The zero-order valence-electron chi connectivity index (χ0n) is 11.8. The Morgan fingerprint density at radius 3 is 3.05 bits per heavy atom. The third-order valence-electron chi connectivity index (χ3n) is 3.55. The summed E-state index contributed by atoms with van der Waals surface area (Å²) in [4.78, 5) is 15.1. The molecule has 0 spiro atoms. The number of fused-ring (bicyclic) bond motifs is 1. The lowest BCUT2D eigenvalue weighted by molar-refractivity contribution is -0.121. The van der Waals surface area contributed by atoms with E-state index in [0.717, 1.165) is 11.3 Å². The highest BCUT2D eigenvalue weighted by molar-refractivity contribution is 5.84. The normalized spacial score (nSPS) is 10.9. The molecule has 3 aromatic rings. The topological polar surface area (TPSA) is 75.6 Å². The Labute approximate surface area is 122 Å². The Balaban J connectivity index is 1.55. The van der Waals surface area contributed by atoms with Crippen molar-refractivity contribution in [1.29, 1.82) is 0 Å². The van der Waals surface area contributed by atoms with E-state index in [1.165, 1.54) is 10.9 Å². The van der Waals surface area contributed by atoms with Crippen LogP contribution in [0.5, 0.6) is 0 Å². The Hall–Kier alpha value is -2.63. The molecule has 0 saturated heterocycles. The van der Waals surface area contributed by atoms with E-state index in [0.29, 0.717) is 19.4 Å². The zero-order chi connectivity index (χ0) is 14.7. The number of benzene rings is 1. The number of nitrogens with one attached hydrogen (secondary N) is 2. The van der Waals surface area contributed by atoms with Crippen molar-refractivity contribution < 1.29 is 4.79 Å². The molecule has 2 heterocycles. The molecule has 0 bridgehead atoms. The zero-order valence-corrected chi connectivity index (χ0v) is 11.8. The quantitative estimate of drug-likeness (QED) is 0.746. The minimum absolute atomic E-state index is 0.0169. The summed E-state index contributed by atoms with van der Waals surface area (Å²) in [5.74, 6) is 0.763. The monoisotopic (exact) mass is 283 g/mol. The largest absolute Gasteiger partial charge is 0.361 e. The van der Waals surface area contributed by atoms with Gasteiger partial charge in [0.25, 0.3) is 0 Å². The molecule has 1 aromatic carbocycles. The van der Waals surface area contributed by atoms with E-state index in [1.54, 1.807) is 10.9 Å². The Morgan fingerprint density at radius 2 is 2.24 bits per heavy atom. The van der Waals surface area contributed by atoms with Gasteiger partial charge in [0.05, 0.1) is 6.54 Å². The first-order valence-corrected chi connectivity index (χ1v) is 6.88. The average molecular weight is 283 g/mol. The molecule has 6 heteroatoms. The van der Waals surface area contributed by atoms with Crippen LogP contribution >= 0.6 is 0 Å². The molecule has 2 aromatic heterocycles. The second-order valence-electron chi connectivity index (χ2n) is 4.99. The van der Waals surface area contributed by atoms with Gasteiger partial charge < -0.3 is 14.9 Å². The SMILES string of the molecule is Cn1cnnc1CNC(=O)CCc1c[nH]c2ccccc12. The maximum Gasteiger partial charge on any atom is 0.220 e. The Kier molecular flexibility index (Phi) is 3.68. The van der Waals surface area contributed by atoms with E-state index in [1.807, 2.05) is 31.4 Å². The Bertz CT molecular complexity index is 758. The van der Waals surface area contributed by atoms with Gasteiger partial charge in [-0.3, -0.25) is 4.79 Å². The summed E-state index contributed by atoms with van der Waals surface area (Å²) in [7, 11) is 1.85. The number of hydrogen-bond donors (Lipinski definition) is 2. The van der Waals surface area contributed by atoms with Crippen molar-refractivity contribution in [2.75, 3.05) is 0 Å². The van der Waals surface area contributed by atoms with E-state index in [2.05, 4.69) is 26.6 Å². The van der Waals surface area contributed by atoms with E-state index >= 15 is 0 Å². The maximum atomic E-state index is 11.9. The van der Waals surface area contributed by atoms with Crippen molar-refractivity contribution in [3.63, 3.8) is 0 Å². The minimum atomic E-state index is 0.0169. The summed E-state index contributed by atoms with van der Waals surface area (Å²) in [6.45, 7) is 0.406. The molecule has 0 atom stereocenters. The molecule has 0 unspecified atom stereocenters. The number of carbonyl (C=O) groups excluding carboxylic acids is 1. The first-order valence-electron chi connectivity index (χ1n) is 6.88. The van der Waals surface area contributed by atoms with Crippen LogP contribution in [0.25, 0.3) is 10.9 Å².